The summed E-state index contributed by atoms with van der Waals surface area (Å²) in [6, 6.07) is 30.8. The van der Waals surface area contributed by atoms with E-state index in [0.717, 1.165) is 29.8 Å². The molecule has 1 saturated carbocycles. The summed E-state index contributed by atoms with van der Waals surface area (Å²) in [5.74, 6) is 0.823. The highest BCUT2D eigenvalue weighted by molar-refractivity contribution is 5.74. The highest BCUT2D eigenvalue weighted by Crippen LogP contribution is 2.49. The molecule has 3 fully saturated rings. The number of rotatable bonds is 5. The van der Waals surface area contributed by atoms with Crippen LogP contribution in [0.25, 0.3) is 23.3 Å². The predicted molar refractivity (Wildman–Crippen MR) is 192 cm³/mol. The van der Waals surface area contributed by atoms with Crippen molar-refractivity contribution < 1.29 is 14.6 Å². The van der Waals surface area contributed by atoms with Crippen LogP contribution in [0.15, 0.2) is 103 Å². The van der Waals surface area contributed by atoms with Crippen molar-refractivity contribution in [1.29, 1.82) is 0 Å². The number of carbonyl (C=O) groups excluding carboxylic acids is 1. The highest BCUT2D eigenvalue weighted by atomic mass is 16.5. The van der Waals surface area contributed by atoms with Gasteiger partial charge in [-0.05, 0) is 118 Å². The number of benzene rings is 2. The van der Waals surface area contributed by atoms with E-state index in [1.807, 2.05) is 66.7 Å². The third-order valence-electron chi connectivity index (χ3n) is 8.84. The minimum absolute atomic E-state index is 0.106. The van der Waals surface area contributed by atoms with Crippen molar-refractivity contribution >= 4 is 18.4 Å². The Hall–Kier alpha value is -3.79. The smallest absolute Gasteiger partial charge is 0.142 e. The number of carbonyl (C=O) groups is 1. The fourth-order valence-corrected chi connectivity index (χ4v) is 6.12. The highest BCUT2D eigenvalue weighted by Gasteiger charge is 2.48. The molecule has 0 atom stereocenters. The Kier molecular flexibility index (Phi) is 14.0. The van der Waals surface area contributed by atoms with Gasteiger partial charge in [0, 0.05) is 0 Å². The van der Waals surface area contributed by atoms with Gasteiger partial charge in [0.05, 0.1) is 17.8 Å². The minimum Gasteiger partial charge on any atom is -0.392 e. The van der Waals surface area contributed by atoms with Gasteiger partial charge in [-0.25, -0.2) is 0 Å². The SMILES string of the molecule is CC12CCC(CC1)C(C)(C)O2.CCc1ccc(C)c2ccc(C)c-2c1.O=C/C=C\c1ccccc1.OC/C=C/c1ccccc1. The molecule has 45 heavy (non-hydrogen) atoms. The number of aliphatic hydroxyl groups excluding tert-OH is 1. The van der Waals surface area contributed by atoms with E-state index in [-0.39, 0.29) is 17.8 Å². The van der Waals surface area contributed by atoms with E-state index >= 15 is 0 Å². The van der Waals surface area contributed by atoms with Gasteiger partial charge in [-0.2, -0.15) is 0 Å². The Labute approximate surface area is 272 Å². The average molecular weight is 605 g/mol. The zero-order chi connectivity index (χ0) is 32.7. The number of hydrogen-bond donors (Lipinski definition) is 1. The Balaban J connectivity index is 0.000000165. The maximum absolute atomic E-state index is 9.89. The molecule has 5 aliphatic rings. The third kappa shape index (κ3) is 11.3. The second-order valence-corrected chi connectivity index (χ2v) is 12.8. The van der Waals surface area contributed by atoms with Crippen molar-refractivity contribution in [2.45, 2.75) is 84.8 Å². The zero-order valence-electron chi connectivity index (χ0n) is 28.1. The van der Waals surface area contributed by atoms with E-state index in [4.69, 9.17) is 9.84 Å². The number of aryl methyl sites for hydroxylation is 3. The van der Waals surface area contributed by atoms with Gasteiger partial charge in [0.2, 0.25) is 0 Å². The van der Waals surface area contributed by atoms with Crippen LogP contribution in [0.5, 0.6) is 0 Å². The Morgan fingerprint density at radius 2 is 1.33 bits per heavy atom. The van der Waals surface area contributed by atoms with Crippen molar-refractivity contribution in [1.82, 2.24) is 0 Å². The summed E-state index contributed by atoms with van der Waals surface area (Å²) in [6.45, 7) is 13.4. The molecule has 3 aliphatic carbocycles. The fourth-order valence-electron chi connectivity index (χ4n) is 6.12. The predicted octanol–water partition coefficient (Wildman–Crippen LogP) is 10.3. The van der Waals surface area contributed by atoms with Gasteiger partial charge in [0.25, 0.3) is 0 Å². The molecule has 238 valence electrons. The molecule has 7 rings (SSSR count). The number of allylic oxidation sites excluding steroid dienone is 1. The van der Waals surface area contributed by atoms with Gasteiger partial charge in [-0.1, -0.05) is 116 Å². The van der Waals surface area contributed by atoms with Gasteiger partial charge in [-0.3, -0.25) is 4.79 Å². The lowest BCUT2D eigenvalue weighted by molar-refractivity contribution is -0.229. The Morgan fingerprint density at radius 3 is 1.82 bits per heavy atom. The molecule has 0 unspecified atom stereocenters. The van der Waals surface area contributed by atoms with Crippen molar-refractivity contribution in [3.05, 3.63) is 131 Å². The first kappa shape index (κ1) is 35.7. The van der Waals surface area contributed by atoms with Gasteiger partial charge in [0.1, 0.15) is 6.29 Å². The standard InChI is InChI=1S/C14H16.C10H18O.C9H10O.C9H8O/c1-4-12-7-5-10(2)13-8-6-11(3)14(13)9-12;1-9(2)8-4-6-10(3,11-9)7-5-8;2*10-8-4-7-9-5-2-1-3-6-9/h5-9H,4H2,1-3H3;8H,4-7H2,1-3H3;1-7,10H,8H2;1-8H/b;;7-4+;7-4-. The first-order chi connectivity index (χ1) is 21.6. The van der Waals surface area contributed by atoms with E-state index in [1.165, 1.54) is 59.6 Å². The van der Waals surface area contributed by atoms with Crippen LogP contribution in [-0.4, -0.2) is 29.2 Å². The van der Waals surface area contributed by atoms with Crippen LogP contribution in [0.2, 0.25) is 0 Å². The Morgan fingerprint density at radius 1 is 0.778 bits per heavy atom. The van der Waals surface area contributed by atoms with E-state index in [2.05, 4.69) is 71.9 Å². The lowest BCUT2D eigenvalue weighted by Gasteiger charge is -2.54. The third-order valence-corrected chi connectivity index (χ3v) is 8.84. The molecule has 0 amide bonds. The second-order valence-electron chi connectivity index (χ2n) is 12.8. The summed E-state index contributed by atoms with van der Waals surface area (Å²) in [7, 11) is 0. The van der Waals surface area contributed by atoms with Crippen LogP contribution in [0, 0.1) is 19.8 Å². The van der Waals surface area contributed by atoms with E-state index in [0.29, 0.717) is 0 Å². The maximum Gasteiger partial charge on any atom is 0.142 e. The molecule has 3 heteroatoms. The number of aliphatic hydroxyl groups is 1. The van der Waals surface area contributed by atoms with Gasteiger partial charge in [-0.15, -0.1) is 0 Å². The summed E-state index contributed by atoms with van der Waals surface area (Å²) in [5, 5.41) is 8.44. The molecular formula is C42H52O3. The molecule has 2 aromatic rings. The lowest BCUT2D eigenvalue weighted by atomic mass is 9.69. The van der Waals surface area contributed by atoms with Crippen LogP contribution < -0.4 is 0 Å². The van der Waals surface area contributed by atoms with Crippen LogP contribution in [-0.2, 0) is 16.0 Å². The van der Waals surface area contributed by atoms with Gasteiger partial charge < -0.3 is 9.84 Å². The molecule has 2 aliphatic heterocycles. The quantitative estimate of drug-likeness (QED) is 0.182. The first-order valence-corrected chi connectivity index (χ1v) is 16.3. The molecule has 0 aromatic heterocycles. The van der Waals surface area contributed by atoms with Crippen LogP contribution in [0.4, 0.5) is 0 Å². The van der Waals surface area contributed by atoms with E-state index in [9.17, 15) is 4.79 Å². The summed E-state index contributed by atoms with van der Waals surface area (Å²) >= 11 is 0. The number of ether oxygens (including phenoxy) is 1. The topological polar surface area (TPSA) is 46.5 Å². The second kappa shape index (κ2) is 17.6. The largest absolute Gasteiger partial charge is 0.392 e. The van der Waals surface area contributed by atoms with Crippen LogP contribution in [0.3, 0.4) is 0 Å². The minimum atomic E-state index is 0.106. The summed E-state index contributed by atoms with van der Waals surface area (Å²) in [4.78, 5) is 9.89. The molecule has 1 N–H and O–H groups in total. The van der Waals surface area contributed by atoms with Crippen molar-refractivity contribution in [2.24, 2.45) is 5.92 Å². The average Bonchev–Trinajstić information content (AvgIpc) is 3.32. The molecule has 2 saturated heterocycles. The molecular weight excluding hydrogens is 552 g/mol. The van der Waals surface area contributed by atoms with Crippen LogP contribution in [0.1, 0.15) is 81.2 Å². The van der Waals surface area contributed by atoms with Crippen molar-refractivity contribution in [2.75, 3.05) is 6.61 Å². The Bertz CT molecular complexity index is 1460. The van der Waals surface area contributed by atoms with Crippen molar-refractivity contribution in [3.8, 4) is 11.1 Å². The number of fused-ring (bicyclic) bond motifs is 4. The normalized spacial score (nSPS) is 19.6. The zero-order valence-corrected chi connectivity index (χ0v) is 28.1. The molecule has 0 spiro atoms. The molecule has 2 bridgehead atoms. The fraction of sp³-hybridized carbons (Fsp3) is 0.357. The van der Waals surface area contributed by atoms with E-state index < -0.39 is 0 Å². The van der Waals surface area contributed by atoms with Gasteiger partial charge in [0.15, 0.2) is 0 Å². The summed E-state index contributed by atoms with van der Waals surface area (Å²) in [5.41, 5.74) is 9.51. The lowest BCUT2D eigenvalue weighted by Crippen LogP contribution is -2.53. The van der Waals surface area contributed by atoms with Gasteiger partial charge >= 0.3 is 0 Å². The molecule has 2 aromatic carbocycles. The molecule has 3 nitrogen and oxygen atoms in total. The van der Waals surface area contributed by atoms with E-state index in [1.54, 1.807) is 12.2 Å². The summed E-state index contributed by atoms with van der Waals surface area (Å²) in [6.07, 6.45) is 14.0. The number of aldehydes is 1. The monoisotopic (exact) mass is 604 g/mol. The van der Waals surface area contributed by atoms with Crippen LogP contribution >= 0.6 is 0 Å². The summed E-state index contributed by atoms with van der Waals surface area (Å²) < 4.78 is 6.06. The molecule has 2 heterocycles. The maximum atomic E-state index is 9.89. The number of hydrogen-bond acceptors (Lipinski definition) is 3. The van der Waals surface area contributed by atoms with Crippen molar-refractivity contribution in [3.63, 3.8) is 0 Å². The first-order valence-electron chi connectivity index (χ1n) is 16.3. The molecule has 0 radical (unpaired) electrons.